The average Bonchev–Trinajstić information content (AvgIpc) is 2.66. The summed E-state index contributed by atoms with van der Waals surface area (Å²) in [5.41, 5.74) is 1.15. The van der Waals surface area contributed by atoms with E-state index in [2.05, 4.69) is 10.5 Å². The van der Waals surface area contributed by atoms with Crippen molar-refractivity contribution >= 4 is 18.0 Å². The first-order valence-electron chi connectivity index (χ1n) is 7.79. The second kappa shape index (κ2) is 8.43. The van der Waals surface area contributed by atoms with Gasteiger partial charge in [-0.3, -0.25) is 10.2 Å². The van der Waals surface area contributed by atoms with E-state index in [1.54, 1.807) is 24.3 Å². The summed E-state index contributed by atoms with van der Waals surface area (Å²) in [5, 5.41) is 6.09. The van der Waals surface area contributed by atoms with Gasteiger partial charge in [0.25, 0.3) is 0 Å². The van der Waals surface area contributed by atoms with E-state index >= 15 is 0 Å². The molecule has 0 aromatic heterocycles. The van der Waals surface area contributed by atoms with Gasteiger partial charge < -0.3 is 4.74 Å². The molecule has 0 saturated carbocycles. The van der Waals surface area contributed by atoms with Gasteiger partial charge >= 0.3 is 6.09 Å². The Labute approximate surface area is 149 Å². The van der Waals surface area contributed by atoms with Crippen molar-refractivity contribution in [2.45, 2.75) is 0 Å². The molecular formula is C20H15FN2O3. The standard InChI is InChI=1S/C20H15FN2O3/c21-16-8-6-15(7-9-16)14-22-26-20(24)23-17-10-12-19(13-11-17)25-18-4-2-1-3-5-18/h1-14H,(H,23,24). The number of rotatable bonds is 5. The molecular weight excluding hydrogens is 335 g/mol. The predicted molar refractivity (Wildman–Crippen MR) is 97.1 cm³/mol. The first-order chi connectivity index (χ1) is 12.7. The maximum atomic E-state index is 12.8. The first kappa shape index (κ1) is 17.2. The molecule has 0 heterocycles. The maximum absolute atomic E-state index is 12.8. The second-order valence-electron chi connectivity index (χ2n) is 5.23. The van der Waals surface area contributed by atoms with Crippen LogP contribution in [0.3, 0.4) is 0 Å². The van der Waals surface area contributed by atoms with Crippen molar-refractivity contribution in [1.82, 2.24) is 0 Å². The van der Waals surface area contributed by atoms with E-state index in [0.717, 1.165) is 5.75 Å². The monoisotopic (exact) mass is 350 g/mol. The number of ether oxygens (including phenoxy) is 1. The quantitative estimate of drug-likeness (QED) is 0.391. The summed E-state index contributed by atoms with van der Waals surface area (Å²) in [4.78, 5) is 16.4. The Bertz CT molecular complexity index is 879. The zero-order valence-corrected chi connectivity index (χ0v) is 13.6. The lowest BCUT2D eigenvalue weighted by Crippen LogP contribution is -2.10. The summed E-state index contributed by atoms with van der Waals surface area (Å²) in [6, 6.07) is 21.8. The molecule has 5 nitrogen and oxygen atoms in total. The first-order valence-corrected chi connectivity index (χ1v) is 7.79. The van der Waals surface area contributed by atoms with Crippen molar-refractivity contribution < 1.29 is 18.8 Å². The highest BCUT2D eigenvalue weighted by molar-refractivity contribution is 5.85. The average molecular weight is 350 g/mol. The van der Waals surface area contributed by atoms with Crippen LogP contribution in [0.15, 0.2) is 84.0 Å². The number of amides is 1. The van der Waals surface area contributed by atoms with Gasteiger partial charge in [0.15, 0.2) is 0 Å². The number of hydrogen-bond donors (Lipinski definition) is 1. The normalized spacial score (nSPS) is 10.5. The van der Waals surface area contributed by atoms with E-state index in [4.69, 9.17) is 9.57 Å². The Morgan fingerprint density at radius 1 is 0.885 bits per heavy atom. The molecule has 1 amide bonds. The van der Waals surface area contributed by atoms with Crippen LogP contribution >= 0.6 is 0 Å². The van der Waals surface area contributed by atoms with Crippen LogP contribution in [0, 0.1) is 5.82 Å². The number of halogens is 1. The van der Waals surface area contributed by atoms with Gasteiger partial charge in [0.2, 0.25) is 0 Å². The van der Waals surface area contributed by atoms with Gasteiger partial charge in [0, 0.05) is 5.69 Å². The molecule has 0 aliphatic rings. The molecule has 0 unspecified atom stereocenters. The van der Waals surface area contributed by atoms with Gasteiger partial charge in [-0.25, -0.2) is 9.18 Å². The Morgan fingerprint density at radius 3 is 2.23 bits per heavy atom. The Kier molecular flexibility index (Phi) is 5.57. The maximum Gasteiger partial charge on any atom is 0.437 e. The zero-order valence-electron chi connectivity index (χ0n) is 13.6. The lowest BCUT2D eigenvalue weighted by atomic mass is 10.2. The summed E-state index contributed by atoms with van der Waals surface area (Å²) in [6.07, 6.45) is 0.579. The number of hydrogen-bond acceptors (Lipinski definition) is 4. The molecule has 1 N–H and O–H groups in total. The van der Waals surface area contributed by atoms with Crippen LogP contribution in [0.5, 0.6) is 11.5 Å². The fourth-order valence-electron chi connectivity index (χ4n) is 2.06. The van der Waals surface area contributed by atoms with Gasteiger partial charge in [-0.2, -0.15) is 0 Å². The molecule has 130 valence electrons. The van der Waals surface area contributed by atoms with Gasteiger partial charge in [-0.15, -0.1) is 0 Å². The SMILES string of the molecule is O=C(Nc1ccc(Oc2ccccc2)cc1)ON=Cc1ccc(F)cc1. The molecule has 0 bridgehead atoms. The molecule has 6 heteroatoms. The summed E-state index contributed by atoms with van der Waals surface area (Å²) in [5.74, 6) is 1.02. The van der Waals surface area contributed by atoms with Crippen LogP contribution in [0.1, 0.15) is 5.56 Å². The number of oxime groups is 1. The molecule has 0 fully saturated rings. The molecule has 0 spiro atoms. The van der Waals surface area contributed by atoms with Crippen LogP contribution in [0.4, 0.5) is 14.9 Å². The van der Waals surface area contributed by atoms with E-state index in [1.165, 1.54) is 30.5 Å². The number of nitrogens with zero attached hydrogens (tertiary/aromatic N) is 1. The van der Waals surface area contributed by atoms with Crippen LogP contribution < -0.4 is 10.1 Å². The topological polar surface area (TPSA) is 59.9 Å². The van der Waals surface area contributed by atoms with E-state index in [1.807, 2.05) is 30.3 Å². The number of carbonyl (C=O) groups excluding carboxylic acids is 1. The molecule has 0 atom stereocenters. The summed E-state index contributed by atoms with van der Waals surface area (Å²) >= 11 is 0. The minimum Gasteiger partial charge on any atom is -0.457 e. The van der Waals surface area contributed by atoms with Gasteiger partial charge in [0.1, 0.15) is 17.3 Å². The third-order valence-electron chi connectivity index (χ3n) is 3.29. The number of anilines is 1. The van der Waals surface area contributed by atoms with Crippen molar-refractivity contribution in [3.8, 4) is 11.5 Å². The molecule has 3 rings (SSSR count). The predicted octanol–water partition coefficient (Wildman–Crippen LogP) is 5.20. The van der Waals surface area contributed by atoms with E-state index in [0.29, 0.717) is 17.0 Å². The molecule has 0 saturated heterocycles. The smallest absolute Gasteiger partial charge is 0.437 e. The van der Waals surface area contributed by atoms with Gasteiger partial charge in [-0.1, -0.05) is 35.5 Å². The van der Waals surface area contributed by atoms with Crippen LogP contribution in [-0.2, 0) is 4.84 Å². The summed E-state index contributed by atoms with van der Waals surface area (Å²) in [6.45, 7) is 0. The summed E-state index contributed by atoms with van der Waals surface area (Å²) in [7, 11) is 0. The molecule has 0 aliphatic carbocycles. The number of carbonyl (C=O) groups is 1. The fourth-order valence-corrected chi connectivity index (χ4v) is 2.06. The largest absolute Gasteiger partial charge is 0.457 e. The fraction of sp³-hybridized carbons (Fsp3) is 0. The number of para-hydroxylation sites is 1. The van der Waals surface area contributed by atoms with E-state index < -0.39 is 6.09 Å². The Hall–Kier alpha value is -3.67. The van der Waals surface area contributed by atoms with Crippen molar-refractivity contribution in [2.75, 3.05) is 5.32 Å². The molecule has 3 aromatic carbocycles. The highest BCUT2D eigenvalue weighted by atomic mass is 19.1. The molecule has 26 heavy (non-hydrogen) atoms. The zero-order chi connectivity index (χ0) is 18.2. The lowest BCUT2D eigenvalue weighted by molar-refractivity contribution is 0.167. The second-order valence-corrected chi connectivity index (χ2v) is 5.23. The molecule has 0 aliphatic heterocycles. The Morgan fingerprint density at radius 2 is 1.54 bits per heavy atom. The highest BCUT2D eigenvalue weighted by Gasteiger charge is 2.03. The van der Waals surface area contributed by atoms with Gasteiger partial charge in [0.05, 0.1) is 6.21 Å². The highest BCUT2D eigenvalue weighted by Crippen LogP contribution is 2.22. The third-order valence-corrected chi connectivity index (χ3v) is 3.29. The Balaban J connectivity index is 1.50. The molecule has 0 radical (unpaired) electrons. The van der Waals surface area contributed by atoms with Crippen molar-refractivity contribution in [3.05, 3.63) is 90.2 Å². The van der Waals surface area contributed by atoms with E-state index in [9.17, 15) is 9.18 Å². The van der Waals surface area contributed by atoms with Crippen LogP contribution in [-0.4, -0.2) is 12.3 Å². The summed E-state index contributed by atoms with van der Waals surface area (Å²) < 4.78 is 18.4. The van der Waals surface area contributed by atoms with Gasteiger partial charge in [-0.05, 0) is 54.1 Å². The molecule has 3 aromatic rings. The van der Waals surface area contributed by atoms with Crippen molar-refractivity contribution in [2.24, 2.45) is 5.16 Å². The van der Waals surface area contributed by atoms with E-state index in [-0.39, 0.29) is 5.82 Å². The third kappa shape index (κ3) is 5.17. The number of nitrogens with one attached hydrogen (secondary N) is 1. The van der Waals surface area contributed by atoms with Crippen LogP contribution in [0.25, 0.3) is 0 Å². The number of benzene rings is 3. The van der Waals surface area contributed by atoms with Crippen LogP contribution in [0.2, 0.25) is 0 Å². The minimum absolute atomic E-state index is 0.347. The van der Waals surface area contributed by atoms with Crippen molar-refractivity contribution in [1.29, 1.82) is 0 Å². The van der Waals surface area contributed by atoms with Crippen molar-refractivity contribution in [3.63, 3.8) is 0 Å². The minimum atomic E-state index is -0.736. The lowest BCUT2D eigenvalue weighted by Gasteiger charge is -2.07.